The Morgan fingerprint density at radius 3 is 1.96 bits per heavy atom. The molecule has 0 N–H and O–H groups in total. The zero-order valence-electron chi connectivity index (χ0n) is 14.0. The first-order chi connectivity index (χ1) is 11.5. The first-order valence-electron chi connectivity index (χ1n) is 7.26. The van der Waals surface area contributed by atoms with E-state index in [0.29, 0.717) is 22.8 Å². The number of carbonyl (C=O) groups is 1. The Bertz CT molecular complexity index is 687. The lowest BCUT2D eigenvalue weighted by molar-refractivity contribution is 0.0337. The summed E-state index contributed by atoms with van der Waals surface area (Å²) in [4.78, 5) is 12.4. The molecule has 0 heterocycles. The summed E-state index contributed by atoms with van der Waals surface area (Å²) in [6, 6.07) is 8.81. The summed E-state index contributed by atoms with van der Waals surface area (Å²) in [5.74, 6) is 0.215. The number of ether oxygens (including phenoxy) is 4. The Hall–Kier alpha value is -2.76. The van der Waals surface area contributed by atoms with Crippen molar-refractivity contribution >= 4 is 5.97 Å². The highest BCUT2D eigenvalue weighted by atomic mass is 19.1. The second-order valence-electron chi connectivity index (χ2n) is 5.01. The molecular weight excluding hydrogens is 315 g/mol. The normalized spacial score (nSPS) is 11.5. The van der Waals surface area contributed by atoms with Crippen molar-refractivity contribution in [3.63, 3.8) is 0 Å². The lowest BCUT2D eigenvalue weighted by atomic mass is 10.1. The average molecular weight is 334 g/mol. The summed E-state index contributed by atoms with van der Waals surface area (Å²) in [5.41, 5.74) is 0.954. The summed E-state index contributed by atoms with van der Waals surface area (Å²) in [5, 5.41) is 0. The second kappa shape index (κ2) is 7.68. The molecule has 5 nitrogen and oxygen atoms in total. The van der Waals surface area contributed by atoms with Gasteiger partial charge in [0, 0.05) is 0 Å². The van der Waals surface area contributed by atoms with E-state index in [0.717, 1.165) is 0 Å². The molecule has 0 spiro atoms. The molecule has 0 aromatic heterocycles. The van der Waals surface area contributed by atoms with E-state index in [1.54, 1.807) is 19.1 Å². The van der Waals surface area contributed by atoms with Crippen LogP contribution in [0.25, 0.3) is 0 Å². The molecular formula is C18H19FO5. The molecule has 0 fully saturated rings. The monoisotopic (exact) mass is 334 g/mol. The molecule has 0 bridgehead atoms. The van der Waals surface area contributed by atoms with Gasteiger partial charge in [-0.1, -0.05) is 12.1 Å². The standard InChI is InChI=1S/C18H19FO5/c1-11(12-5-7-14(19)8-6-12)24-18(20)13-9-15(21-2)17(23-4)16(10-13)22-3/h5-11H,1-4H3/t11-/m1/s1. The predicted molar refractivity (Wildman–Crippen MR) is 86.3 cm³/mol. The number of methoxy groups -OCH3 is 3. The maximum atomic E-state index is 13.0. The minimum absolute atomic E-state index is 0.262. The number of hydrogen-bond acceptors (Lipinski definition) is 5. The van der Waals surface area contributed by atoms with Gasteiger partial charge in [0.2, 0.25) is 5.75 Å². The summed E-state index contributed by atoms with van der Waals surface area (Å²) in [7, 11) is 4.41. The minimum Gasteiger partial charge on any atom is -0.493 e. The third-order valence-corrected chi connectivity index (χ3v) is 3.52. The maximum Gasteiger partial charge on any atom is 0.339 e. The van der Waals surface area contributed by atoms with Crippen LogP contribution in [-0.2, 0) is 4.74 Å². The minimum atomic E-state index is -0.550. The van der Waals surface area contributed by atoms with Crippen LogP contribution in [0.4, 0.5) is 4.39 Å². The van der Waals surface area contributed by atoms with E-state index >= 15 is 0 Å². The maximum absolute atomic E-state index is 13.0. The third kappa shape index (κ3) is 3.76. The molecule has 0 unspecified atom stereocenters. The fourth-order valence-electron chi connectivity index (χ4n) is 2.23. The number of hydrogen-bond donors (Lipinski definition) is 0. The highest BCUT2D eigenvalue weighted by molar-refractivity contribution is 5.91. The number of halogens is 1. The van der Waals surface area contributed by atoms with Gasteiger partial charge in [-0.25, -0.2) is 9.18 Å². The Labute approximate surface area is 139 Å². The van der Waals surface area contributed by atoms with Crippen molar-refractivity contribution in [2.75, 3.05) is 21.3 Å². The molecule has 0 amide bonds. The van der Waals surface area contributed by atoms with E-state index in [1.165, 1.54) is 45.6 Å². The number of carbonyl (C=O) groups excluding carboxylic acids is 1. The van der Waals surface area contributed by atoms with Crippen LogP contribution in [0, 0.1) is 5.82 Å². The summed E-state index contributed by atoms with van der Waals surface area (Å²) < 4.78 is 34.0. The average Bonchev–Trinajstić information content (AvgIpc) is 2.60. The molecule has 6 heteroatoms. The van der Waals surface area contributed by atoms with E-state index in [2.05, 4.69) is 0 Å². The van der Waals surface area contributed by atoms with Gasteiger partial charge in [-0.15, -0.1) is 0 Å². The van der Waals surface area contributed by atoms with Crippen LogP contribution in [0.1, 0.15) is 28.9 Å². The van der Waals surface area contributed by atoms with E-state index in [1.807, 2.05) is 0 Å². The SMILES string of the molecule is COc1cc(C(=O)O[C@H](C)c2ccc(F)cc2)cc(OC)c1OC. The zero-order valence-corrected chi connectivity index (χ0v) is 14.0. The highest BCUT2D eigenvalue weighted by Gasteiger charge is 2.20. The molecule has 128 valence electrons. The predicted octanol–water partition coefficient (Wildman–Crippen LogP) is 3.77. The molecule has 0 aliphatic rings. The quantitative estimate of drug-likeness (QED) is 0.753. The van der Waals surface area contributed by atoms with Gasteiger partial charge in [0.15, 0.2) is 11.5 Å². The van der Waals surface area contributed by atoms with Crippen molar-refractivity contribution < 1.29 is 28.1 Å². The van der Waals surface area contributed by atoms with E-state index in [-0.39, 0.29) is 11.4 Å². The Kier molecular flexibility index (Phi) is 5.63. The molecule has 0 aliphatic carbocycles. The number of benzene rings is 2. The van der Waals surface area contributed by atoms with Crippen molar-refractivity contribution in [3.05, 3.63) is 53.3 Å². The van der Waals surface area contributed by atoms with Gasteiger partial charge in [0.1, 0.15) is 11.9 Å². The van der Waals surface area contributed by atoms with Gasteiger partial charge in [0.25, 0.3) is 0 Å². The summed E-state index contributed by atoms with van der Waals surface area (Å²) >= 11 is 0. The number of esters is 1. The second-order valence-corrected chi connectivity index (χ2v) is 5.01. The van der Waals surface area contributed by atoms with Crippen LogP contribution in [0.15, 0.2) is 36.4 Å². The summed E-state index contributed by atoms with van der Waals surface area (Å²) in [6.07, 6.45) is -0.530. The first-order valence-corrected chi connectivity index (χ1v) is 7.26. The third-order valence-electron chi connectivity index (χ3n) is 3.52. The van der Waals surface area contributed by atoms with Crippen molar-refractivity contribution in [2.45, 2.75) is 13.0 Å². The Morgan fingerprint density at radius 1 is 0.958 bits per heavy atom. The molecule has 24 heavy (non-hydrogen) atoms. The molecule has 0 saturated carbocycles. The summed E-state index contributed by atoms with van der Waals surface area (Å²) in [6.45, 7) is 1.71. The van der Waals surface area contributed by atoms with Crippen molar-refractivity contribution in [3.8, 4) is 17.2 Å². The van der Waals surface area contributed by atoms with Gasteiger partial charge >= 0.3 is 5.97 Å². The van der Waals surface area contributed by atoms with Gasteiger partial charge in [-0.2, -0.15) is 0 Å². The van der Waals surface area contributed by atoms with Crippen LogP contribution in [-0.4, -0.2) is 27.3 Å². The van der Waals surface area contributed by atoms with Gasteiger partial charge in [-0.05, 0) is 36.8 Å². The Balaban J connectivity index is 2.24. The molecule has 1 atom stereocenters. The van der Waals surface area contributed by atoms with Crippen LogP contribution >= 0.6 is 0 Å². The number of rotatable bonds is 6. The molecule has 0 radical (unpaired) electrons. The van der Waals surface area contributed by atoms with Crippen LogP contribution in [0.2, 0.25) is 0 Å². The molecule has 2 aromatic carbocycles. The fraction of sp³-hybridized carbons (Fsp3) is 0.278. The van der Waals surface area contributed by atoms with E-state index in [4.69, 9.17) is 18.9 Å². The van der Waals surface area contributed by atoms with Crippen molar-refractivity contribution in [1.29, 1.82) is 0 Å². The molecule has 2 aromatic rings. The molecule has 2 rings (SSSR count). The van der Waals surface area contributed by atoms with Crippen molar-refractivity contribution in [1.82, 2.24) is 0 Å². The van der Waals surface area contributed by atoms with Gasteiger partial charge in [-0.3, -0.25) is 0 Å². The lowest BCUT2D eigenvalue weighted by Crippen LogP contribution is -2.10. The van der Waals surface area contributed by atoms with Crippen molar-refractivity contribution in [2.24, 2.45) is 0 Å². The highest BCUT2D eigenvalue weighted by Crippen LogP contribution is 2.38. The topological polar surface area (TPSA) is 54.0 Å². The molecule has 0 saturated heterocycles. The van der Waals surface area contributed by atoms with E-state index < -0.39 is 12.1 Å². The van der Waals surface area contributed by atoms with E-state index in [9.17, 15) is 9.18 Å². The smallest absolute Gasteiger partial charge is 0.339 e. The first kappa shape index (κ1) is 17.6. The van der Waals surface area contributed by atoms with Gasteiger partial charge in [0.05, 0.1) is 26.9 Å². The fourth-order valence-corrected chi connectivity index (χ4v) is 2.23. The lowest BCUT2D eigenvalue weighted by Gasteiger charge is -2.16. The largest absolute Gasteiger partial charge is 0.493 e. The zero-order chi connectivity index (χ0) is 17.7. The van der Waals surface area contributed by atoms with Crippen LogP contribution in [0.5, 0.6) is 17.2 Å². The molecule has 0 aliphatic heterocycles. The van der Waals surface area contributed by atoms with Crippen LogP contribution in [0.3, 0.4) is 0 Å². The van der Waals surface area contributed by atoms with Gasteiger partial charge < -0.3 is 18.9 Å². The Morgan fingerprint density at radius 2 is 1.50 bits per heavy atom. The van der Waals surface area contributed by atoms with Crippen LogP contribution < -0.4 is 14.2 Å².